The molecular weight excluding hydrogens is 373 g/mol. The van der Waals surface area contributed by atoms with E-state index in [4.69, 9.17) is 14.8 Å². The molecule has 0 aliphatic heterocycles. The van der Waals surface area contributed by atoms with Crippen molar-refractivity contribution in [2.24, 2.45) is 5.73 Å². The molecule has 0 spiro atoms. The highest BCUT2D eigenvalue weighted by molar-refractivity contribution is 7.98. The van der Waals surface area contributed by atoms with Crippen molar-refractivity contribution in [3.8, 4) is 11.5 Å². The second-order valence-electron chi connectivity index (χ2n) is 5.36. The minimum absolute atomic E-state index is 0.332. The largest absolute Gasteiger partial charge is 0.430 e. The Balaban J connectivity index is 2.14. The Morgan fingerprint density at radius 3 is 1.64 bits per heavy atom. The Labute approximate surface area is 158 Å². The van der Waals surface area contributed by atoms with Gasteiger partial charge >= 0.3 is 7.60 Å². The third-order valence-electron chi connectivity index (χ3n) is 3.49. The fourth-order valence-electron chi connectivity index (χ4n) is 2.15. The lowest BCUT2D eigenvalue weighted by Crippen LogP contribution is -2.07. The first kappa shape index (κ1) is 20.2. The molecule has 0 atom stereocenters. The van der Waals surface area contributed by atoms with E-state index in [0.29, 0.717) is 30.6 Å². The molecule has 0 bridgehead atoms. The third kappa shape index (κ3) is 6.63. The molecule has 2 N–H and O–H groups in total. The molecule has 0 unspecified atom stereocenters. The van der Waals surface area contributed by atoms with Gasteiger partial charge in [-0.3, -0.25) is 0 Å². The van der Waals surface area contributed by atoms with Gasteiger partial charge in [0, 0.05) is 9.79 Å². The van der Waals surface area contributed by atoms with E-state index in [1.165, 1.54) is 0 Å². The second-order valence-corrected chi connectivity index (χ2v) is 9.16. The zero-order valence-electron chi connectivity index (χ0n) is 14.5. The first-order valence-corrected chi connectivity index (χ1v) is 12.2. The Bertz CT molecular complexity index is 639. The molecule has 2 aromatic rings. The summed E-state index contributed by atoms with van der Waals surface area (Å²) in [5.41, 5.74) is 5.55. The van der Waals surface area contributed by atoms with E-state index in [1.54, 1.807) is 23.5 Å². The number of nitrogens with two attached hydrogens (primary N) is 1. The Morgan fingerprint density at radius 1 is 0.840 bits per heavy atom. The van der Waals surface area contributed by atoms with Gasteiger partial charge in [-0.05, 0) is 80.4 Å². The number of unbranched alkanes of at least 4 members (excludes halogenated alkanes) is 1. The van der Waals surface area contributed by atoms with Gasteiger partial charge in [0.2, 0.25) is 0 Å². The van der Waals surface area contributed by atoms with Crippen molar-refractivity contribution in [2.45, 2.75) is 22.6 Å². The summed E-state index contributed by atoms with van der Waals surface area (Å²) < 4.78 is 24.8. The average Bonchev–Trinajstić information content (AvgIpc) is 2.63. The monoisotopic (exact) mass is 397 g/mol. The molecular formula is C18H24NO3PS2. The van der Waals surface area contributed by atoms with Crippen LogP contribution < -0.4 is 14.8 Å². The zero-order chi connectivity index (χ0) is 18.1. The molecule has 0 amide bonds. The molecule has 0 aromatic heterocycles. The van der Waals surface area contributed by atoms with Gasteiger partial charge < -0.3 is 14.8 Å². The Kier molecular flexibility index (Phi) is 8.24. The highest BCUT2D eigenvalue weighted by Gasteiger charge is 2.27. The van der Waals surface area contributed by atoms with Crippen LogP contribution in [0.5, 0.6) is 11.5 Å². The number of hydrogen-bond acceptors (Lipinski definition) is 6. The van der Waals surface area contributed by atoms with Crippen LogP contribution in [0.25, 0.3) is 0 Å². The summed E-state index contributed by atoms with van der Waals surface area (Å²) >= 11 is 3.29. The lowest BCUT2D eigenvalue weighted by molar-refractivity contribution is 0.384. The lowest BCUT2D eigenvalue weighted by atomic mass is 10.3. The summed E-state index contributed by atoms with van der Waals surface area (Å²) in [6.45, 7) is 0.560. The van der Waals surface area contributed by atoms with Crippen LogP contribution in [0.2, 0.25) is 0 Å². The van der Waals surface area contributed by atoms with Gasteiger partial charge in [-0.25, -0.2) is 4.57 Å². The summed E-state index contributed by atoms with van der Waals surface area (Å²) in [5, 5.41) is 0. The molecule has 25 heavy (non-hydrogen) atoms. The summed E-state index contributed by atoms with van der Waals surface area (Å²) in [6, 6.07) is 15.1. The molecule has 0 heterocycles. The molecule has 0 aliphatic rings. The van der Waals surface area contributed by atoms with E-state index in [2.05, 4.69) is 0 Å². The summed E-state index contributed by atoms with van der Waals surface area (Å²) in [4.78, 5) is 2.25. The topological polar surface area (TPSA) is 61.5 Å². The number of thioether (sulfide) groups is 2. The molecule has 0 radical (unpaired) electrons. The van der Waals surface area contributed by atoms with Crippen LogP contribution in [-0.2, 0) is 4.57 Å². The SMILES string of the molecule is CSc1ccc(OP(=O)(CCCCN)Oc2ccc(SC)cc2)cc1. The normalized spacial score (nSPS) is 11.3. The van der Waals surface area contributed by atoms with Crippen molar-refractivity contribution in [2.75, 3.05) is 25.2 Å². The molecule has 0 aliphatic carbocycles. The van der Waals surface area contributed by atoms with Gasteiger partial charge in [-0.1, -0.05) is 0 Å². The maximum atomic E-state index is 13.2. The predicted molar refractivity (Wildman–Crippen MR) is 108 cm³/mol. The van der Waals surface area contributed by atoms with Gasteiger partial charge in [-0.15, -0.1) is 23.5 Å². The van der Waals surface area contributed by atoms with E-state index in [9.17, 15) is 4.57 Å². The summed E-state index contributed by atoms with van der Waals surface area (Å²) in [6.07, 6.45) is 5.83. The standard InChI is InChI=1S/C18H24NO3PS2/c1-24-17-9-5-15(6-10-17)21-23(20,14-4-3-13-19)22-16-7-11-18(25-2)12-8-16/h5-12H,3-4,13-14,19H2,1-2H3. The van der Waals surface area contributed by atoms with E-state index in [-0.39, 0.29) is 0 Å². The predicted octanol–water partition coefficient (Wildman–Crippen LogP) is 5.52. The van der Waals surface area contributed by atoms with Gasteiger partial charge in [0.05, 0.1) is 6.16 Å². The van der Waals surface area contributed by atoms with E-state index >= 15 is 0 Å². The van der Waals surface area contributed by atoms with Crippen LogP contribution in [0.3, 0.4) is 0 Å². The van der Waals surface area contributed by atoms with Crippen molar-refractivity contribution in [3.05, 3.63) is 48.5 Å². The maximum Gasteiger partial charge on any atom is 0.430 e. The van der Waals surface area contributed by atoms with Crippen LogP contribution in [0.4, 0.5) is 0 Å². The second kappa shape index (κ2) is 10.2. The van der Waals surface area contributed by atoms with Crippen molar-refractivity contribution < 1.29 is 13.6 Å². The van der Waals surface area contributed by atoms with Crippen LogP contribution in [0.1, 0.15) is 12.8 Å². The van der Waals surface area contributed by atoms with Crippen LogP contribution in [0, 0.1) is 0 Å². The number of rotatable bonds is 10. The molecule has 136 valence electrons. The quantitative estimate of drug-likeness (QED) is 0.324. The zero-order valence-corrected chi connectivity index (χ0v) is 17.0. The Morgan fingerprint density at radius 2 is 1.28 bits per heavy atom. The summed E-state index contributed by atoms with van der Waals surface area (Å²) in [5.74, 6) is 1.10. The molecule has 0 saturated heterocycles. The van der Waals surface area contributed by atoms with Crippen LogP contribution >= 0.6 is 31.1 Å². The van der Waals surface area contributed by atoms with Crippen LogP contribution in [-0.4, -0.2) is 25.2 Å². The number of benzene rings is 2. The maximum absolute atomic E-state index is 13.2. The van der Waals surface area contributed by atoms with Gasteiger partial charge in [0.1, 0.15) is 11.5 Å². The van der Waals surface area contributed by atoms with E-state index in [0.717, 1.165) is 16.2 Å². The minimum Gasteiger partial charge on any atom is -0.416 e. The molecule has 4 nitrogen and oxygen atoms in total. The van der Waals surface area contributed by atoms with Crippen molar-refractivity contribution >= 4 is 31.1 Å². The highest BCUT2D eigenvalue weighted by atomic mass is 32.2. The van der Waals surface area contributed by atoms with Crippen molar-refractivity contribution in [3.63, 3.8) is 0 Å². The smallest absolute Gasteiger partial charge is 0.416 e. The summed E-state index contributed by atoms with van der Waals surface area (Å²) in [7, 11) is -3.31. The van der Waals surface area contributed by atoms with Gasteiger partial charge in [0.25, 0.3) is 0 Å². The Hall–Kier alpha value is -1.07. The van der Waals surface area contributed by atoms with E-state index in [1.807, 2.05) is 61.0 Å². The van der Waals surface area contributed by atoms with Crippen molar-refractivity contribution in [1.29, 1.82) is 0 Å². The molecule has 7 heteroatoms. The molecule has 2 aromatic carbocycles. The van der Waals surface area contributed by atoms with Gasteiger partial charge in [-0.2, -0.15) is 0 Å². The first-order valence-electron chi connectivity index (χ1n) is 8.05. The molecule has 2 rings (SSSR count). The lowest BCUT2D eigenvalue weighted by Gasteiger charge is -2.20. The third-order valence-corrected chi connectivity index (χ3v) is 6.82. The molecule has 0 saturated carbocycles. The fourth-order valence-corrected chi connectivity index (χ4v) is 4.69. The minimum atomic E-state index is -3.31. The highest BCUT2D eigenvalue weighted by Crippen LogP contribution is 2.49. The first-order chi connectivity index (χ1) is 12.1. The molecule has 0 fully saturated rings. The van der Waals surface area contributed by atoms with E-state index < -0.39 is 7.60 Å². The number of hydrogen-bond donors (Lipinski definition) is 1. The van der Waals surface area contributed by atoms with Crippen molar-refractivity contribution in [1.82, 2.24) is 0 Å². The fraction of sp³-hybridized carbons (Fsp3) is 0.333. The van der Waals surface area contributed by atoms with Crippen LogP contribution in [0.15, 0.2) is 58.3 Å². The van der Waals surface area contributed by atoms with Gasteiger partial charge in [0.15, 0.2) is 0 Å². The average molecular weight is 398 g/mol.